The molecule has 2 aliphatic rings. The molecular formula is C56H75N11O8. The van der Waals surface area contributed by atoms with Gasteiger partial charge in [-0.3, -0.25) is 43.3 Å². The molecule has 1 aromatic heterocycles. The third kappa shape index (κ3) is 16.0. The van der Waals surface area contributed by atoms with E-state index in [0.29, 0.717) is 43.2 Å². The number of hydrogen-bond donors (Lipinski definition) is 10. The van der Waals surface area contributed by atoms with Gasteiger partial charge in [-0.15, -0.1) is 0 Å². The van der Waals surface area contributed by atoms with Crippen LogP contribution in [0, 0.1) is 5.92 Å². The minimum absolute atomic E-state index is 0.0104. The van der Waals surface area contributed by atoms with Gasteiger partial charge in [-0.25, -0.2) is 0 Å². The van der Waals surface area contributed by atoms with Crippen molar-refractivity contribution in [1.29, 1.82) is 0 Å². The van der Waals surface area contributed by atoms with Gasteiger partial charge in [-0.1, -0.05) is 106 Å². The molecule has 402 valence electrons. The molecule has 6 atom stereocenters. The fraction of sp³-hybridized carbons (Fsp3) is 0.482. The molecule has 0 unspecified atom stereocenters. The van der Waals surface area contributed by atoms with E-state index in [4.69, 9.17) is 17.2 Å². The van der Waals surface area contributed by atoms with E-state index in [1.54, 1.807) is 37.4 Å². The van der Waals surface area contributed by atoms with Crippen LogP contribution in [0.25, 0.3) is 10.9 Å². The lowest BCUT2D eigenvalue weighted by atomic mass is 9.73. The first-order valence-electron chi connectivity index (χ1n) is 26.4. The first-order chi connectivity index (χ1) is 36.1. The van der Waals surface area contributed by atoms with Gasteiger partial charge in [0.15, 0.2) is 11.7 Å². The second-order valence-corrected chi connectivity index (χ2v) is 20.0. The van der Waals surface area contributed by atoms with Crippen molar-refractivity contribution in [3.63, 3.8) is 0 Å². The zero-order valence-electron chi connectivity index (χ0n) is 43.2. The topological polar surface area (TPSA) is 315 Å². The fourth-order valence-corrected chi connectivity index (χ4v) is 10.2. The quantitative estimate of drug-likeness (QED) is 0.0378. The van der Waals surface area contributed by atoms with Crippen molar-refractivity contribution in [2.24, 2.45) is 28.1 Å². The largest absolute Gasteiger partial charge is 0.370 e. The van der Waals surface area contributed by atoms with Crippen molar-refractivity contribution >= 4 is 64.0 Å². The van der Waals surface area contributed by atoms with E-state index in [-0.39, 0.29) is 88.7 Å². The number of nitrogens with two attached hydrogens (primary N) is 3. The van der Waals surface area contributed by atoms with Crippen molar-refractivity contribution in [3.05, 3.63) is 108 Å². The minimum Gasteiger partial charge on any atom is -0.370 e. The maximum atomic E-state index is 15.2. The predicted octanol–water partition coefficient (Wildman–Crippen LogP) is 3.66. The Morgan fingerprint density at radius 2 is 1.45 bits per heavy atom. The summed E-state index contributed by atoms with van der Waals surface area (Å²) in [5.41, 5.74) is 18.9. The molecule has 19 heteroatoms. The molecule has 3 aromatic carbocycles. The zero-order chi connectivity index (χ0) is 53.9. The average Bonchev–Trinajstić information content (AvgIpc) is 3.84. The summed E-state index contributed by atoms with van der Waals surface area (Å²) in [4.78, 5) is 122. The SMILES string of the molecule is CCCCC(=O)N[C@H]1CCC(=O)NCCCC[C@@H](C(N)=O)C(=O)[C@@H]([C@H](C)c2c[nH]c3ccccc23)NC(=O)[C@H](CCCN=C(N)N)NC(=O)[C@@H](Cc2ccccc2)NC(=O)C2(CCC(c3ccccc3)CC2)NC1=O. The number of H-pyrrole nitrogens is 1. The van der Waals surface area contributed by atoms with Crippen LogP contribution in [0.3, 0.4) is 0 Å². The summed E-state index contributed by atoms with van der Waals surface area (Å²) < 4.78 is 0. The van der Waals surface area contributed by atoms with E-state index in [0.717, 1.165) is 22.9 Å². The Morgan fingerprint density at radius 1 is 0.773 bits per heavy atom. The fourth-order valence-electron chi connectivity index (χ4n) is 10.2. The summed E-state index contributed by atoms with van der Waals surface area (Å²) in [7, 11) is 0. The lowest BCUT2D eigenvalue weighted by molar-refractivity contribution is -0.139. The van der Waals surface area contributed by atoms with E-state index in [1.807, 2.05) is 67.6 Å². The zero-order valence-corrected chi connectivity index (χ0v) is 43.2. The Bertz CT molecular complexity index is 2630. The molecule has 7 amide bonds. The van der Waals surface area contributed by atoms with E-state index in [2.05, 4.69) is 41.9 Å². The van der Waals surface area contributed by atoms with Crippen LogP contribution < -0.4 is 49.1 Å². The summed E-state index contributed by atoms with van der Waals surface area (Å²) in [5, 5.41) is 18.3. The third-order valence-corrected chi connectivity index (χ3v) is 14.6. The molecule has 19 nitrogen and oxygen atoms in total. The molecule has 1 aliphatic heterocycles. The number of primary amides is 1. The van der Waals surface area contributed by atoms with Gasteiger partial charge in [0, 0.05) is 55.4 Å². The van der Waals surface area contributed by atoms with E-state index in [1.165, 1.54) is 0 Å². The highest BCUT2D eigenvalue weighted by atomic mass is 16.2. The van der Waals surface area contributed by atoms with Crippen LogP contribution in [-0.4, -0.2) is 101 Å². The highest BCUT2D eigenvalue weighted by Gasteiger charge is 2.46. The van der Waals surface area contributed by atoms with Gasteiger partial charge in [0.1, 0.15) is 23.7 Å². The number of rotatable bonds is 14. The highest BCUT2D eigenvalue weighted by molar-refractivity contribution is 6.06. The first kappa shape index (κ1) is 56.7. The summed E-state index contributed by atoms with van der Waals surface area (Å²) in [6.45, 7) is 3.96. The number of nitrogens with zero attached hydrogens (tertiary/aromatic N) is 1. The maximum absolute atomic E-state index is 15.2. The van der Waals surface area contributed by atoms with E-state index < -0.39 is 82.8 Å². The lowest BCUT2D eigenvalue weighted by Crippen LogP contribution is -2.66. The average molecular weight is 1030 g/mol. The highest BCUT2D eigenvalue weighted by Crippen LogP contribution is 2.39. The maximum Gasteiger partial charge on any atom is 0.246 e. The van der Waals surface area contributed by atoms with Crippen LogP contribution >= 0.6 is 0 Å². The Kier molecular flexibility index (Phi) is 20.9. The predicted molar refractivity (Wildman–Crippen MR) is 286 cm³/mol. The van der Waals surface area contributed by atoms with Crippen molar-refractivity contribution in [2.75, 3.05) is 13.1 Å². The molecule has 1 saturated heterocycles. The number of carbonyl (C=O) groups is 8. The number of nitrogens with one attached hydrogen (secondary N) is 7. The van der Waals surface area contributed by atoms with Crippen LogP contribution in [0.2, 0.25) is 0 Å². The third-order valence-electron chi connectivity index (χ3n) is 14.6. The van der Waals surface area contributed by atoms with E-state index in [9.17, 15) is 33.6 Å². The number of carbonyl (C=O) groups excluding carboxylic acids is 8. The van der Waals surface area contributed by atoms with Crippen LogP contribution in [0.1, 0.15) is 132 Å². The second-order valence-electron chi connectivity index (χ2n) is 20.0. The van der Waals surface area contributed by atoms with Crippen LogP contribution in [0.4, 0.5) is 0 Å². The number of benzene rings is 3. The molecule has 0 bridgehead atoms. The molecule has 6 rings (SSSR count). The number of amides is 7. The molecule has 1 aliphatic carbocycles. The number of hydrogen-bond acceptors (Lipinski definition) is 9. The summed E-state index contributed by atoms with van der Waals surface area (Å²) in [5.74, 6) is -7.26. The molecule has 4 aromatic rings. The Balaban J connectivity index is 1.41. The minimum atomic E-state index is -1.57. The van der Waals surface area contributed by atoms with Crippen LogP contribution in [0.15, 0.2) is 96.1 Å². The molecule has 2 heterocycles. The van der Waals surface area contributed by atoms with Gasteiger partial charge in [-0.05, 0) is 92.9 Å². The smallest absolute Gasteiger partial charge is 0.246 e. The van der Waals surface area contributed by atoms with Crippen LogP contribution in [-0.2, 0) is 44.8 Å². The monoisotopic (exact) mass is 1030 g/mol. The number of aromatic amines is 1. The summed E-state index contributed by atoms with van der Waals surface area (Å²) in [6, 6.07) is 21.2. The molecule has 13 N–H and O–H groups in total. The molecule has 1 saturated carbocycles. The second kappa shape index (κ2) is 27.6. The van der Waals surface area contributed by atoms with Crippen molar-refractivity contribution in [1.82, 2.24) is 36.9 Å². The van der Waals surface area contributed by atoms with Gasteiger partial charge in [0.25, 0.3) is 0 Å². The van der Waals surface area contributed by atoms with Gasteiger partial charge in [-0.2, -0.15) is 0 Å². The number of aliphatic imine (C=N–C) groups is 1. The standard InChI is InChI=1S/C56H75N11O8/c1-3-4-24-47(69)63-44-25-26-46(68)60-31-14-13-21-40(50(57)71)49(70)48(35(2)41-34-62-42-22-12-11-20-39(41)42)66-51(72)43(23-15-32-61-55(58)59)64-52(73)45(33-36-16-7-5-8-17-36)65-54(75)56(67-53(44)74)29-27-38(28-30-56)37-18-9-6-10-19-37/h5-12,16-20,22,34-35,38,40,43-45,48,62H,3-4,13-15,21,23-33H2,1-2H3,(H2,57,71)(H,60,68)(H,63,69)(H,64,73)(H,65,75)(H,66,72)(H,67,74)(H4,58,59,61)/t35-,38?,40-,43+,44+,45-,48-,56?/m1/s1. The number of Topliss-reactive ketones (excluding diaryl/α,β-unsaturated/α-hetero) is 1. The lowest BCUT2D eigenvalue weighted by Gasteiger charge is -2.41. The number of unbranched alkanes of at least 4 members (excludes halogenated alkanes) is 1. The summed E-state index contributed by atoms with van der Waals surface area (Å²) in [6.07, 6.45) is 5.13. The van der Waals surface area contributed by atoms with E-state index >= 15 is 4.79 Å². The molecule has 75 heavy (non-hydrogen) atoms. The Hall–Kier alpha value is -7.57. The number of para-hydroxylation sites is 1. The van der Waals surface area contributed by atoms with Gasteiger partial charge < -0.3 is 54.1 Å². The van der Waals surface area contributed by atoms with Gasteiger partial charge >= 0.3 is 0 Å². The van der Waals surface area contributed by atoms with Crippen LogP contribution in [0.5, 0.6) is 0 Å². The number of aromatic nitrogens is 1. The number of ketones is 1. The molecule has 0 radical (unpaired) electrons. The Labute approximate surface area is 438 Å². The molecule has 2 fully saturated rings. The van der Waals surface area contributed by atoms with Crippen molar-refractivity contribution in [2.45, 2.75) is 152 Å². The number of guanidine groups is 1. The normalized spacial score (nSPS) is 24.4. The molecule has 1 spiro atoms. The Morgan fingerprint density at radius 3 is 2.15 bits per heavy atom. The van der Waals surface area contributed by atoms with Gasteiger partial charge in [0.2, 0.25) is 41.4 Å². The first-order valence-corrected chi connectivity index (χ1v) is 26.4. The van der Waals surface area contributed by atoms with Gasteiger partial charge in [0.05, 0.1) is 12.0 Å². The molecular weight excluding hydrogens is 955 g/mol. The number of fused-ring (bicyclic) bond motifs is 1. The summed E-state index contributed by atoms with van der Waals surface area (Å²) >= 11 is 0. The van der Waals surface area contributed by atoms with Crippen molar-refractivity contribution < 1.29 is 38.4 Å². The van der Waals surface area contributed by atoms with Crippen molar-refractivity contribution in [3.8, 4) is 0 Å².